The number of carboxylic acid groups (broad SMARTS) is 1. The van der Waals surface area contributed by atoms with Gasteiger partial charge in [-0.15, -0.1) is 0 Å². The molecule has 4 rings (SSSR count). The molecule has 198 valence electrons. The topological polar surface area (TPSA) is 220 Å². The van der Waals surface area contributed by atoms with Crippen LogP contribution in [0.15, 0.2) is 6.33 Å². The van der Waals surface area contributed by atoms with Crippen LogP contribution in [0.4, 0.5) is 5.82 Å². The van der Waals surface area contributed by atoms with Crippen molar-refractivity contribution in [3.05, 3.63) is 11.6 Å². The highest BCUT2D eigenvalue weighted by atomic mass is 35.5. The van der Waals surface area contributed by atoms with Crippen LogP contribution in [0.25, 0.3) is 11.2 Å². The quantitative estimate of drug-likeness (QED) is 0.173. The molecule has 2 aromatic heterocycles. The molecule has 1 saturated carbocycles. The third-order valence-electron chi connectivity index (χ3n) is 6.12. The molecule has 1 saturated heterocycles. The number of anilines is 1. The molecule has 17 heteroatoms. The maximum atomic E-state index is 12.3. The molecule has 4 atom stereocenters. The van der Waals surface area contributed by atoms with Crippen LogP contribution in [-0.2, 0) is 18.9 Å². The van der Waals surface area contributed by atoms with Gasteiger partial charge in [-0.05, 0) is 24.4 Å². The van der Waals surface area contributed by atoms with Crippen LogP contribution in [0.3, 0.4) is 0 Å². The van der Waals surface area contributed by atoms with Crippen LogP contribution in [-0.4, -0.2) is 105 Å². The van der Waals surface area contributed by atoms with Gasteiger partial charge in [0.2, 0.25) is 11.2 Å². The smallest absolute Gasteiger partial charge is 0.334 e. The minimum Gasteiger partial charge on any atom is -0.480 e. The van der Waals surface area contributed by atoms with Gasteiger partial charge >= 0.3 is 13.6 Å². The lowest BCUT2D eigenvalue weighted by Gasteiger charge is -2.25. The lowest BCUT2D eigenvalue weighted by Crippen LogP contribution is -2.45. The summed E-state index contributed by atoms with van der Waals surface area (Å²) in [5.41, 5.74) is 0.580. The van der Waals surface area contributed by atoms with Crippen molar-refractivity contribution in [1.29, 1.82) is 0 Å². The number of amides is 1. The van der Waals surface area contributed by atoms with Gasteiger partial charge < -0.3 is 40.1 Å². The summed E-state index contributed by atoms with van der Waals surface area (Å²) in [4.78, 5) is 55.0. The number of carboxylic acids is 1. The van der Waals surface area contributed by atoms with Gasteiger partial charge in [-0.2, -0.15) is 9.97 Å². The number of halogens is 1. The minimum absolute atomic E-state index is 0.0787. The molecule has 0 unspecified atom stereocenters. The highest BCUT2D eigenvalue weighted by Gasteiger charge is 2.46. The lowest BCUT2D eigenvalue weighted by molar-refractivity contribution is -0.145. The van der Waals surface area contributed by atoms with Crippen molar-refractivity contribution >= 4 is 48.1 Å². The summed E-state index contributed by atoms with van der Waals surface area (Å²) < 4.78 is 18.3. The predicted octanol–water partition coefficient (Wildman–Crippen LogP) is -0.456. The van der Waals surface area contributed by atoms with E-state index in [1.807, 2.05) is 0 Å². The van der Waals surface area contributed by atoms with Crippen LogP contribution in [0.5, 0.6) is 0 Å². The van der Waals surface area contributed by atoms with Crippen LogP contribution in [0.2, 0.25) is 5.28 Å². The fourth-order valence-corrected chi connectivity index (χ4v) is 5.18. The molecule has 0 bridgehead atoms. The Balaban J connectivity index is 1.57. The van der Waals surface area contributed by atoms with Gasteiger partial charge in [0.05, 0.1) is 12.9 Å². The number of fused-ring (bicyclic) bond motifs is 1. The van der Waals surface area contributed by atoms with Gasteiger partial charge in [0.25, 0.3) is 0 Å². The third kappa shape index (κ3) is 5.94. The monoisotopic (exact) mass is 548 g/mol. The van der Waals surface area contributed by atoms with Gasteiger partial charge in [0.15, 0.2) is 23.2 Å². The molecule has 6 N–H and O–H groups in total. The molecular formula is C19H26ClN6O9P. The molecule has 1 aliphatic carbocycles. The fraction of sp³-hybridized carbons (Fsp3) is 0.632. The number of imidazole rings is 1. The van der Waals surface area contributed by atoms with Gasteiger partial charge in [-0.3, -0.25) is 18.7 Å². The number of nitrogens with one attached hydrogen (secondary N) is 1. The van der Waals surface area contributed by atoms with E-state index in [2.05, 4.69) is 20.3 Å². The highest BCUT2D eigenvalue weighted by molar-refractivity contribution is 7.52. The molecule has 36 heavy (non-hydrogen) atoms. The van der Waals surface area contributed by atoms with Crippen molar-refractivity contribution in [3.63, 3.8) is 0 Å². The average Bonchev–Trinajstić information content (AvgIpc) is 3.48. The lowest BCUT2D eigenvalue weighted by atomic mass is 10.1. The SMILES string of the molecule is O=C(O)CN(C[C@H]1O[C@@H](n2cnc3c(NC4CCCC4)nc(Cl)nc32)[C@H](O)[C@@H]1O)C(=O)CP(=O)(O)O. The Bertz CT molecular complexity index is 1190. The Labute approximate surface area is 209 Å². The molecule has 2 aromatic rings. The zero-order valence-corrected chi connectivity index (χ0v) is 20.5. The largest absolute Gasteiger partial charge is 0.480 e. The molecule has 2 fully saturated rings. The molecule has 15 nitrogen and oxygen atoms in total. The minimum atomic E-state index is -4.77. The number of hydrogen-bond acceptors (Lipinski definition) is 10. The van der Waals surface area contributed by atoms with E-state index in [0.29, 0.717) is 16.2 Å². The summed E-state index contributed by atoms with van der Waals surface area (Å²) in [5, 5.41) is 33.6. The molecule has 1 amide bonds. The van der Waals surface area contributed by atoms with Crippen molar-refractivity contribution in [3.8, 4) is 0 Å². The van der Waals surface area contributed by atoms with E-state index in [4.69, 9.17) is 31.2 Å². The number of nitrogens with zero attached hydrogens (tertiary/aromatic N) is 5. The normalized spacial score (nSPS) is 24.9. The second kappa shape index (κ2) is 10.5. The van der Waals surface area contributed by atoms with E-state index in [1.54, 1.807) is 0 Å². The van der Waals surface area contributed by atoms with E-state index >= 15 is 0 Å². The van der Waals surface area contributed by atoms with Crippen LogP contribution >= 0.6 is 19.2 Å². The van der Waals surface area contributed by atoms with Crippen LogP contribution < -0.4 is 5.32 Å². The number of aliphatic hydroxyl groups is 2. The summed E-state index contributed by atoms with van der Waals surface area (Å²) in [6.07, 6.45) is -1.39. The van der Waals surface area contributed by atoms with E-state index in [-0.39, 0.29) is 17.0 Å². The average molecular weight is 549 g/mol. The second-order valence-electron chi connectivity index (χ2n) is 8.83. The zero-order valence-electron chi connectivity index (χ0n) is 18.8. The van der Waals surface area contributed by atoms with E-state index in [0.717, 1.165) is 25.7 Å². The first kappa shape index (κ1) is 26.7. The second-order valence-corrected chi connectivity index (χ2v) is 10.8. The number of rotatable bonds is 9. The summed E-state index contributed by atoms with van der Waals surface area (Å²) in [5.74, 6) is -2.17. The standard InChI is InChI=1S/C19H26ClN6O9P/c20-19-23-16(22-9-3-1-2-4-9)13-17(24-19)26(8-21-13)18-15(31)14(30)10(35-18)5-25(6-12(28)29)11(27)7-36(32,33)34/h8-10,14-15,18,30-31H,1-7H2,(H,28,29)(H,22,23,24)(H2,32,33,34)/t10-,14-,15-,18-/m1/s1. The predicted molar refractivity (Wildman–Crippen MR) is 123 cm³/mol. The Morgan fingerprint density at radius 2 is 1.92 bits per heavy atom. The maximum Gasteiger partial charge on any atom is 0.334 e. The number of hydrogen-bond donors (Lipinski definition) is 6. The van der Waals surface area contributed by atoms with Gasteiger partial charge in [0.1, 0.15) is 31.0 Å². The zero-order chi connectivity index (χ0) is 26.2. The molecule has 1 aliphatic heterocycles. The van der Waals surface area contributed by atoms with Crippen LogP contribution in [0.1, 0.15) is 31.9 Å². The fourth-order valence-electron chi connectivity index (χ4n) is 4.46. The van der Waals surface area contributed by atoms with Gasteiger partial charge in [0, 0.05) is 6.04 Å². The van der Waals surface area contributed by atoms with E-state index in [1.165, 1.54) is 10.9 Å². The van der Waals surface area contributed by atoms with E-state index < -0.39 is 63.3 Å². The summed E-state index contributed by atoms with van der Waals surface area (Å²) in [7, 11) is -4.77. The molecule has 0 radical (unpaired) electrons. The molecule has 0 aromatic carbocycles. The van der Waals surface area contributed by atoms with Gasteiger partial charge in [-0.1, -0.05) is 12.8 Å². The third-order valence-corrected chi connectivity index (χ3v) is 6.97. The highest BCUT2D eigenvalue weighted by Crippen LogP contribution is 2.36. The first-order chi connectivity index (χ1) is 16.9. The molecule has 2 aliphatic rings. The molecule has 3 heterocycles. The summed E-state index contributed by atoms with van der Waals surface area (Å²) in [6, 6.07) is 0.203. The number of aliphatic carboxylic acids is 1. The van der Waals surface area contributed by atoms with Crippen molar-refractivity contribution < 1.29 is 44.0 Å². The first-order valence-electron chi connectivity index (χ1n) is 11.2. The number of aromatic nitrogens is 4. The van der Waals surface area contributed by atoms with Crippen molar-refractivity contribution in [2.45, 2.75) is 56.3 Å². The van der Waals surface area contributed by atoms with Crippen molar-refractivity contribution in [2.24, 2.45) is 0 Å². The summed E-state index contributed by atoms with van der Waals surface area (Å²) >= 11 is 6.12. The summed E-state index contributed by atoms with van der Waals surface area (Å²) in [6.45, 7) is -1.43. The molecular weight excluding hydrogens is 523 g/mol. The Kier molecular flexibility index (Phi) is 7.80. The number of carbonyl (C=O) groups excluding carboxylic acids is 1. The number of carbonyl (C=O) groups is 2. The van der Waals surface area contributed by atoms with Crippen molar-refractivity contribution in [1.82, 2.24) is 24.4 Å². The van der Waals surface area contributed by atoms with Crippen molar-refractivity contribution in [2.75, 3.05) is 24.6 Å². The number of ether oxygens (including phenoxy) is 1. The Hall–Kier alpha value is -2.39. The van der Waals surface area contributed by atoms with Crippen LogP contribution in [0, 0.1) is 0 Å². The number of aliphatic hydroxyl groups excluding tert-OH is 2. The maximum absolute atomic E-state index is 12.3. The van der Waals surface area contributed by atoms with Gasteiger partial charge in [-0.25, -0.2) is 4.98 Å². The molecule has 0 spiro atoms. The van der Waals surface area contributed by atoms with E-state index in [9.17, 15) is 24.4 Å². The Morgan fingerprint density at radius 3 is 2.56 bits per heavy atom. The first-order valence-corrected chi connectivity index (χ1v) is 13.3. The Morgan fingerprint density at radius 1 is 1.22 bits per heavy atom.